The lowest BCUT2D eigenvalue weighted by Crippen LogP contribution is -2.17. The second kappa shape index (κ2) is 10.6. The molecule has 2 rings (SSSR count). The molecule has 2 aromatic rings. The lowest BCUT2D eigenvalue weighted by Gasteiger charge is -2.13. The third-order valence-corrected chi connectivity index (χ3v) is 4.29. The summed E-state index contributed by atoms with van der Waals surface area (Å²) in [5, 5.41) is 16.0. The summed E-state index contributed by atoms with van der Waals surface area (Å²) in [7, 11) is 3.41. The molecule has 0 spiro atoms. The number of benzene rings is 1. The number of methoxy groups -OCH3 is 1. The predicted octanol–water partition coefficient (Wildman–Crippen LogP) is 2.57. The van der Waals surface area contributed by atoms with Crippen LogP contribution < -0.4 is 14.8 Å². The molecule has 0 atom stereocenters. The summed E-state index contributed by atoms with van der Waals surface area (Å²) in [4.78, 5) is 0. The van der Waals surface area contributed by atoms with E-state index in [9.17, 15) is 0 Å². The van der Waals surface area contributed by atoms with E-state index in [0.717, 1.165) is 23.0 Å². The van der Waals surface area contributed by atoms with Gasteiger partial charge in [-0.3, -0.25) is 0 Å². The first-order chi connectivity index (χ1) is 11.2. The van der Waals surface area contributed by atoms with Crippen molar-refractivity contribution >= 4 is 35.8 Å². The van der Waals surface area contributed by atoms with Gasteiger partial charge in [-0.25, -0.2) is 4.68 Å². The predicted molar refractivity (Wildman–Crippen MR) is 97.6 cm³/mol. The zero-order chi connectivity index (χ0) is 16.7. The standard InChI is InChI=1S/C14H20ClN5O2S.ClH/c1-4-22-12-8-10(7-11(15)13(12)21-3)9-16-5-6-23-14-17-18-19-20(14)2;/h7-8,16H,4-6,9H2,1-3H3;1H. The SMILES string of the molecule is CCOc1cc(CNCCSc2nnnn2C)cc(Cl)c1OC.Cl. The summed E-state index contributed by atoms with van der Waals surface area (Å²) in [5.41, 5.74) is 1.05. The van der Waals surface area contributed by atoms with Crippen LogP contribution in [-0.2, 0) is 13.6 Å². The highest BCUT2D eigenvalue weighted by molar-refractivity contribution is 7.99. The van der Waals surface area contributed by atoms with Gasteiger partial charge in [0.2, 0.25) is 5.16 Å². The molecule has 1 aromatic carbocycles. The van der Waals surface area contributed by atoms with Crippen LogP contribution in [0.15, 0.2) is 17.3 Å². The highest BCUT2D eigenvalue weighted by atomic mass is 35.5. The highest BCUT2D eigenvalue weighted by Crippen LogP contribution is 2.36. The van der Waals surface area contributed by atoms with Gasteiger partial charge in [0.25, 0.3) is 0 Å². The Hall–Kier alpha value is -1.22. The molecule has 0 aliphatic carbocycles. The Balaban J connectivity index is 0.00000288. The molecule has 1 N–H and O–H groups in total. The van der Waals surface area contributed by atoms with Crippen molar-refractivity contribution in [2.45, 2.75) is 18.6 Å². The van der Waals surface area contributed by atoms with Gasteiger partial charge in [0.1, 0.15) is 0 Å². The second-order valence-corrected chi connectivity index (χ2v) is 6.12. The molecule has 1 aromatic heterocycles. The van der Waals surface area contributed by atoms with Crippen molar-refractivity contribution in [2.24, 2.45) is 7.05 Å². The second-order valence-electron chi connectivity index (χ2n) is 4.65. The number of hydrogen-bond acceptors (Lipinski definition) is 7. The van der Waals surface area contributed by atoms with Crippen LogP contribution in [0, 0.1) is 0 Å². The average molecular weight is 394 g/mol. The highest BCUT2D eigenvalue weighted by Gasteiger charge is 2.11. The fourth-order valence-electron chi connectivity index (χ4n) is 1.98. The smallest absolute Gasteiger partial charge is 0.209 e. The number of halogens is 2. The lowest BCUT2D eigenvalue weighted by atomic mass is 10.2. The van der Waals surface area contributed by atoms with E-state index < -0.39 is 0 Å². The van der Waals surface area contributed by atoms with E-state index in [1.54, 1.807) is 23.6 Å². The van der Waals surface area contributed by atoms with Crippen LogP contribution in [0.25, 0.3) is 0 Å². The van der Waals surface area contributed by atoms with Crippen molar-refractivity contribution in [1.82, 2.24) is 25.5 Å². The van der Waals surface area contributed by atoms with Crippen molar-refractivity contribution in [3.05, 3.63) is 22.7 Å². The number of nitrogens with one attached hydrogen (secondary N) is 1. The maximum Gasteiger partial charge on any atom is 0.209 e. The molecule has 0 aliphatic heterocycles. The number of ether oxygens (including phenoxy) is 2. The molecule has 1 heterocycles. The number of rotatable bonds is 9. The third-order valence-electron chi connectivity index (χ3n) is 2.99. The van der Waals surface area contributed by atoms with Gasteiger partial charge >= 0.3 is 0 Å². The molecule has 134 valence electrons. The minimum Gasteiger partial charge on any atom is -0.491 e. The van der Waals surface area contributed by atoms with Crippen LogP contribution in [0.4, 0.5) is 0 Å². The van der Waals surface area contributed by atoms with Crippen molar-refractivity contribution < 1.29 is 9.47 Å². The molecule has 0 saturated carbocycles. The van der Waals surface area contributed by atoms with Gasteiger partial charge in [0.05, 0.1) is 18.7 Å². The first kappa shape index (κ1) is 20.8. The zero-order valence-corrected chi connectivity index (χ0v) is 16.2. The Bertz CT molecular complexity index is 642. The van der Waals surface area contributed by atoms with Gasteiger partial charge in [-0.05, 0) is 35.0 Å². The fraction of sp³-hybridized carbons (Fsp3) is 0.500. The number of hydrogen-bond donors (Lipinski definition) is 1. The summed E-state index contributed by atoms with van der Waals surface area (Å²) in [6.45, 7) is 4.01. The van der Waals surface area contributed by atoms with Gasteiger partial charge in [-0.1, -0.05) is 23.4 Å². The van der Waals surface area contributed by atoms with Gasteiger partial charge in [0, 0.05) is 25.9 Å². The van der Waals surface area contributed by atoms with Crippen molar-refractivity contribution in [3.63, 3.8) is 0 Å². The number of nitrogens with zero attached hydrogens (tertiary/aromatic N) is 4. The minimum atomic E-state index is 0. The number of aryl methyl sites for hydroxylation is 1. The Kier molecular flexibility index (Phi) is 9.20. The summed E-state index contributed by atoms with van der Waals surface area (Å²) in [6.07, 6.45) is 0. The van der Waals surface area contributed by atoms with Crippen LogP contribution in [0.3, 0.4) is 0 Å². The molecule has 0 unspecified atom stereocenters. The lowest BCUT2D eigenvalue weighted by molar-refractivity contribution is 0.310. The van der Waals surface area contributed by atoms with E-state index >= 15 is 0 Å². The quantitative estimate of drug-likeness (QED) is 0.518. The monoisotopic (exact) mass is 393 g/mol. The molecule has 0 saturated heterocycles. The van der Waals surface area contributed by atoms with Crippen LogP contribution >= 0.6 is 35.8 Å². The molecule has 0 aliphatic rings. The van der Waals surface area contributed by atoms with Crippen molar-refractivity contribution in [2.75, 3.05) is 26.0 Å². The molecule has 0 bridgehead atoms. The van der Waals surface area contributed by atoms with Crippen molar-refractivity contribution in [1.29, 1.82) is 0 Å². The fourth-order valence-corrected chi connectivity index (χ4v) is 3.03. The van der Waals surface area contributed by atoms with Crippen LogP contribution in [0.5, 0.6) is 11.5 Å². The first-order valence-corrected chi connectivity index (χ1v) is 8.57. The molecule has 7 nitrogen and oxygen atoms in total. The van der Waals surface area contributed by atoms with Gasteiger partial charge in [-0.2, -0.15) is 0 Å². The van der Waals surface area contributed by atoms with E-state index in [4.69, 9.17) is 21.1 Å². The number of thioether (sulfide) groups is 1. The summed E-state index contributed by atoms with van der Waals surface area (Å²) in [6, 6.07) is 3.83. The zero-order valence-electron chi connectivity index (χ0n) is 13.8. The van der Waals surface area contributed by atoms with Crippen molar-refractivity contribution in [3.8, 4) is 11.5 Å². The van der Waals surface area contributed by atoms with E-state index in [1.165, 1.54) is 0 Å². The molecule has 0 radical (unpaired) electrons. The summed E-state index contributed by atoms with van der Waals surface area (Å²) < 4.78 is 12.5. The number of aromatic nitrogens is 4. The van der Waals surface area contributed by atoms with Crippen LogP contribution in [-0.4, -0.2) is 46.2 Å². The average Bonchev–Trinajstić information content (AvgIpc) is 2.92. The molecular formula is C14H21Cl2N5O2S. The minimum absolute atomic E-state index is 0. The van der Waals surface area contributed by atoms with E-state index in [-0.39, 0.29) is 12.4 Å². The van der Waals surface area contributed by atoms with Gasteiger partial charge in [0.15, 0.2) is 11.5 Å². The van der Waals surface area contributed by atoms with E-state index in [2.05, 4.69) is 20.8 Å². The molecule has 0 fully saturated rings. The summed E-state index contributed by atoms with van der Waals surface area (Å²) in [5.74, 6) is 2.11. The molecule has 24 heavy (non-hydrogen) atoms. The molecule has 0 amide bonds. The Labute approximate surface area is 156 Å². The topological polar surface area (TPSA) is 74.1 Å². The van der Waals surface area contributed by atoms with Gasteiger partial charge < -0.3 is 14.8 Å². The Morgan fingerprint density at radius 1 is 1.38 bits per heavy atom. The number of tetrazole rings is 1. The Morgan fingerprint density at radius 2 is 2.17 bits per heavy atom. The molecule has 10 heteroatoms. The van der Waals surface area contributed by atoms with E-state index in [0.29, 0.717) is 29.7 Å². The summed E-state index contributed by atoms with van der Waals surface area (Å²) >= 11 is 7.84. The maximum atomic E-state index is 6.23. The molecular weight excluding hydrogens is 373 g/mol. The maximum absolute atomic E-state index is 6.23. The van der Waals surface area contributed by atoms with Crippen LogP contribution in [0.2, 0.25) is 5.02 Å². The largest absolute Gasteiger partial charge is 0.491 e. The first-order valence-electron chi connectivity index (χ1n) is 7.20. The van der Waals surface area contributed by atoms with Crippen LogP contribution in [0.1, 0.15) is 12.5 Å². The van der Waals surface area contributed by atoms with Gasteiger partial charge in [-0.15, -0.1) is 17.5 Å². The normalized spacial score (nSPS) is 10.3. The third kappa shape index (κ3) is 5.70. The Morgan fingerprint density at radius 3 is 2.79 bits per heavy atom. The van der Waals surface area contributed by atoms with E-state index in [1.807, 2.05) is 26.1 Å².